The van der Waals surface area contributed by atoms with Crippen LogP contribution < -0.4 is 16.4 Å². The topological polar surface area (TPSA) is 84.2 Å². The van der Waals surface area contributed by atoms with Gasteiger partial charge in [0.1, 0.15) is 0 Å². The maximum Gasteiger partial charge on any atom is 0.234 e. The van der Waals surface area contributed by atoms with E-state index < -0.39 is 0 Å². The third kappa shape index (κ3) is 3.24. The van der Waals surface area contributed by atoms with Crippen molar-refractivity contribution in [2.45, 2.75) is 11.3 Å². The van der Waals surface area contributed by atoms with Crippen LogP contribution in [0.25, 0.3) is 0 Å². The van der Waals surface area contributed by atoms with Crippen LogP contribution in [0.3, 0.4) is 0 Å². The number of carbonyl (C=O) groups is 2. The Labute approximate surface area is 110 Å². The number of thioether (sulfide) groups is 1. The summed E-state index contributed by atoms with van der Waals surface area (Å²) in [4.78, 5) is 23.9. The van der Waals surface area contributed by atoms with E-state index in [1.54, 1.807) is 0 Å². The summed E-state index contributed by atoms with van der Waals surface area (Å²) in [7, 11) is 0. The molecule has 6 heteroatoms. The molecule has 0 radical (unpaired) electrons. The van der Waals surface area contributed by atoms with Crippen molar-refractivity contribution in [2.24, 2.45) is 5.73 Å². The number of nitrogens with one attached hydrogen (secondary N) is 2. The summed E-state index contributed by atoms with van der Waals surface area (Å²) in [6.07, 6.45) is 0.299. The molecule has 0 fully saturated rings. The quantitative estimate of drug-likeness (QED) is 0.733. The Morgan fingerprint density at radius 2 is 2.33 bits per heavy atom. The van der Waals surface area contributed by atoms with Crippen molar-refractivity contribution in [1.29, 1.82) is 0 Å². The molecule has 1 aromatic carbocycles. The van der Waals surface area contributed by atoms with Crippen LogP contribution in [0, 0.1) is 0 Å². The van der Waals surface area contributed by atoms with E-state index >= 15 is 0 Å². The maximum absolute atomic E-state index is 11.5. The average molecular weight is 265 g/mol. The number of fused-ring (bicyclic) bond motifs is 1. The first-order chi connectivity index (χ1) is 8.69. The fourth-order valence-corrected chi connectivity index (χ4v) is 2.49. The molecule has 0 saturated carbocycles. The van der Waals surface area contributed by atoms with Gasteiger partial charge in [-0.05, 0) is 17.7 Å². The van der Waals surface area contributed by atoms with Gasteiger partial charge in [-0.15, -0.1) is 11.8 Å². The van der Waals surface area contributed by atoms with Crippen molar-refractivity contribution in [3.8, 4) is 0 Å². The Hall–Kier alpha value is -1.53. The molecule has 2 rings (SSSR count). The van der Waals surface area contributed by atoms with E-state index in [1.165, 1.54) is 11.8 Å². The number of amides is 2. The van der Waals surface area contributed by atoms with Gasteiger partial charge in [0.2, 0.25) is 11.8 Å². The molecule has 4 N–H and O–H groups in total. The fraction of sp³-hybridized carbons (Fsp3) is 0.333. The molecule has 96 valence electrons. The molecule has 5 nitrogen and oxygen atoms in total. The van der Waals surface area contributed by atoms with Gasteiger partial charge < -0.3 is 16.4 Å². The van der Waals surface area contributed by atoms with Gasteiger partial charge in [0, 0.05) is 18.0 Å². The zero-order valence-electron chi connectivity index (χ0n) is 9.86. The summed E-state index contributed by atoms with van der Waals surface area (Å²) in [5.74, 6) is 0.385. The molecular weight excluding hydrogens is 250 g/mol. The Morgan fingerprint density at radius 1 is 1.50 bits per heavy atom. The molecule has 0 unspecified atom stereocenters. The van der Waals surface area contributed by atoms with E-state index in [2.05, 4.69) is 10.6 Å². The van der Waals surface area contributed by atoms with Crippen LogP contribution in [0.5, 0.6) is 0 Å². The van der Waals surface area contributed by atoms with Gasteiger partial charge in [0.15, 0.2) is 0 Å². The highest BCUT2D eigenvalue weighted by molar-refractivity contribution is 8.00. The van der Waals surface area contributed by atoms with E-state index in [0.717, 1.165) is 16.1 Å². The normalized spacial score (nSPS) is 13.7. The number of nitrogens with two attached hydrogens (primary N) is 1. The minimum Gasteiger partial charge on any atom is -0.355 e. The van der Waals surface area contributed by atoms with Crippen molar-refractivity contribution in [3.63, 3.8) is 0 Å². The van der Waals surface area contributed by atoms with Crippen molar-refractivity contribution in [3.05, 3.63) is 23.8 Å². The first kappa shape index (κ1) is 12.9. The van der Waals surface area contributed by atoms with Crippen LogP contribution in [-0.2, 0) is 16.0 Å². The third-order valence-electron chi connectivity index (χ3n) is 2.51. The minimum atomic E-state index is -0.0600. The lowest BCUT2D eigenvalue weighted by atomic mass is 10.1. The second-order valence-corrected chi connectivity index (χ2v) is 5.00. The monoisotopic (exact) mass is 265 g/mol. The van der Waals surface area contributed by atoms with E-state index in [4.69, 9.17) is 5.73 Å². The van der Waals surface area contributed by atoms with Gasteiger partial charge in [0.05, 0.1) is 17.9 Å². The smallest absolute Gasteiger partial charge is 0.234 e. The molecule has 0 aliphatic carbocycles. The predicted octanol–water partition coefficient (Wildman–Crippen LogP) is 0.348. The summed E-state index contributed by atoms with van der Waals surface area (Å²) in [5.41, 5.74) is 6.98. The second-order valence-electron chi connectivity index (χ2n) is 3.98. The second kappa shape index (κ2) is 5.88. The molecule has 1 aliphatic rings. The Balaban J connectivity index is 2.04. The molecule has 0 bridgehead atoms. The Kier molecular flexibility index (Phi) is 4.22. The number of hydrogen-bond acceptors (Lipinski definition) is 4. The van der Waals surface area contributed by atoms with Crippen molar-refractivity contribution >= 4 is 29.3 Å². The van der Waals surface area contributed by atoms with E-state index in [9.17, 15) is 9.59 Å². The van der Waals surface area contributed by atoms with Crippen LogP contribution in [0.15, 0.2) is 23.1 Å². The highest BCUT2D eigenvalue weighted by Gasteiger charge is 2.15. The summed E-state index contributed by atoms with van der Waals surface area (Å²) in [6, 6.07) is 5.69. The maximum atomic E-state index is 11.5. The lowest BCUT2D eigenvalue weighted by Gasteiger charge is -2.17. The Morgan fingerprint density at radius 3 is 3.11 bits per heavy atom. The first-order valence-corrected chi connectivity index (χ1v) is 6.70. The molecule has 0 aromatic heterocycles. The van der Waals surface area contributed by atoms with Gasteiger partial charge >= 0.3 is 0 Å². The van der Waals surface area contributed by atoms with Crippen LogP contribution in [0.2, 0.25) is 0 Å². The number of hydrogen-bond donors (Lipinski definition) is 3. The first-order valence-electron chi connectivity index (χ1n) is 5.71. The zero-order valence-corrected chi connectivity index (χ0v) is 10.7. The highest BCUT2D eigenvalue weighted by Crippen LogP contribution is 2.31. The molecule has 2 amide bonds. The zero-order chi connectivity index (χ0) is 13.0. The lowest BCUT2D eigenvalue weighted by Crippen LogP contribution is -2.30. The molecule has 1 aliphatic heterocycles. The van der Waals surface area contributed by atoms with Gasteiger partial charge in [-0.1, -0.05) is 6.07 Å². The van der Waals surface area contributed by atoms with Crippen molar-refractivity contribution < 1.29 is 9.59 Å². The number of carbonyl (C=O) groups excluding carboxylic acids is 2. The van der Waals surface area contributed by atoms with E-state index in [0.29, 0.717) is 25.3 Å². The van der Waals surface area contributed by atoms with Crippen molar-refractivity contribution in [2.75, 3.05) is 24.2 Å². The lowest BCUT2D eigenvalue weighted by molar-refractivity contribution is -0.120. The number of benzene rings is 1. The van der Waals surface area contributed by atoms with Crippen LogP contribution in [-0.4, -0.2) is 30.7 Å². The minimum absolute atomic E-state index is 0.00256. The SMILES string of the molecule is NCCNC(=O)Cc1ccc2c(c1)NC(=O)CS2. The molecule has 0 atom stereocenters. The number of anilines is 1. The predicted molar refractivity (Wildman–Crippen MR) is 71.6 cm³/mol. The van der Waals surface area contributed by atoms with Gasteiger partial charge in [0.25, 0.3) is 0 Å². The molecular formula is C12H15N3O2S. The van der Waals surface area contributed by atoms with Gasteiger partial charge in [-0.25, -0.2) is 0 Å². The summed E-state index contributed by atoms with van der Waals surface area (Å²) in [6.45, 7) is 0.916. The standard InChI is InChI=1S/C12H15N3O2S/c13-3-4-14-11(16)6-8-1-2-10-9(5-8)15-12(17)7-18-10/h1-2,5H,3-4,6-7,13H2,(H,14,16)(H,15,17). The van der Waals surface area contributed by atoms with E-state index in [-0.39, 0.29) is 11.8 Å². The average Bonchev–Trinajstić information content (AvgIpc) is 2.36. The number of rotatable bonds is 4. The highest BCUT2D eigenvalue weighted by atomic mass is 32.2. The van der Waals surface area contributed by atoms with E-state index in [1.807, 2.05) is 18.2 Å². The molecule has 0 spiro atoms. The summed E-state index contributed by atoms with van der Waals surface area (Å²) < 4.78 is 0. The van der Waals surface area contributed by atoms with Crippen LogP contribution in [0.1, 0.15) is 5.56 Å². The Bertz CT molecular complexity index is 476. The molecule has 1 aromatic rings. The van der Waals surface area contributed by atoms with Crippen LogP contribution in [0.4, 0.5) is 5.69 Å². The summed E-state index contributed by atoms with van der Waals surface area (Å²) >= 11 is 1.51. The van der Waals surface area contributed by atoms with Gasteiger partial charge in [-0.3, -0.25) is 9.59 Å². The van der Waals surface area contributed by atoms with Crippen LogP contribution >= 0.6 is 11.8 Å². The molecule has 1 heterocycles. The third-order valence-corrected chi connectivity index (χ3v) is 3.58. The van der Waals surface area contributed by atoms with Gasteiger partial charge in [-0.2, -0.15) is 0 Å². The molecule has 18 heavy (non-hydrogen) atoms. The fourth-order valence-electron chi connectivity index (χ4n) is 1.70. The molecule has 0 saturated heterocycles. The van der Waals surface area contributed by atoms with Crippen molar-refractivity contribution in [1.82, 2.24) is 5.32 Å². The summed E-state index contributed by atoms with van der Waals surface area (Å²) in [5, 5.41) is 5.52. The largest absolute Gasteiger partial charge is 0.355 e.